The predicted octanol–water partition coefficient (Wildman–Crippen LogP) is 0.225. The number of carboxylic acid groups (broad SMARTS) is 1. The number of aliphatic carboxylic acids is 1. The maximum absolute atomic E-state index is 13.4. The van der Waals surface area contributed by atoms with Gasteiger partial charge in [-0.25, -0.2) is 9.59 Å². The zero-order chi connectivity index (χ0) is 29.3. The van der Waals surface area contributed by atoms with Gasteiger partial charge in [0.15, 0.2) is 4.34 Å². The van der Waals surface area contributed by atoms with E-state index in [1.165, 1.54) is 39.8 Å². The van der Waals surface area contributed by atoms with E-state index in [4.69, 9.17) is 0 Å². The highest BCUT2D eigenvalue weighted by molar-refractivity contribution is 8.01. The van der Waals surface area contributed by atoms with Crippen LogP contribution in [0.25, 0.3) is 0 Å². The van der Waals surface area contributed by atoms with E-state index in [2.05, 4.69) is 25.8 Å². The maximum Gasteiger partial charge on any atom is 0.352 e. The summed E-state index contributed by atoms with van der Waals surface area (Å²) in [4.78, 5) is 80.2. The Bertz CT molecular complexity index is 1660. The first-order valence-corrected chi connectivity index (χ1v) is 14.8. The number of hydrogen-bond donors (Lipinski definition) is 5. The number of thioether (sulfide) groups is 2. The molecule has 2 aliphatic heterocycles. The van der Waals surface area contributed by atoms with Crippen LogP contribution in [0.15, 0.2) is 61.6 Å². The summed E-state index contributed by atoms with van der Waals surface area (Å²) >= 11 is 4.04. The number of nitrogens with zero attached hydrogens (tertiary/aromatic N) is 3. The zero-order valence-corrected chi connectivity index (χ0v) is 23.5. The lowest BCUT2D eigenvalue weighted by molar-refractivity contribution is -0.151. The molecule has 3 aromatic rings. The molecular formula is C24H21N7O7S3. The Kier molecular flexibility index (Phi) is 8.09. The van der Waals surface area contributed by atoms with Crippen molar-refractivity contribution in [2.75, 3.05) is 11.5 Å². The highest BCUT2D eigenvalue weighted by Gasteiger charge is 2.54. The molecule has 17 heteroatoms. The fourth-order valence-electron chi connectivity index (χ4n) is 4.26. The molecule has 2 unspecified atom stereocenters. The number of aromatic nitrogens is 4. The number of hydrogen-bond acceptors (Lipinski definition) is 11. The van der Waals surface area contributed by atoms with Crippen LogP contribution in [-0.4, -0.2) is 76.8 Å². The SMILES string of the molecule is Cc1nnc(SCC2=C(C(=O)O)N3C(=O)C(NC(=O)C(NC(=O)c4cc(=O)[nH]c(=O)[nH]4)c4ccccc4)[C@H]3SC2)s1. The Morgan fingerprint density at radius 3 is 2.59 bits per heavy atom. The molecule has 0 spiro atoms. The Hall–Kier alpha value is -4.22. The van der Waals surface area contributed by atoms with Crippen molar-refractivity contribution in [1.29, 1.82) is 0 Å². The number of nitrogens with one attached hydrogen (secondary N) is 4. The van der Waals surface area contributed by atoms with Gasteiger partial charge in [-0.15, -0.1) is 22.0 Å². The van der Waals surface area contributed by atoms with Crippen LogP contribution in [0.1, 0.15) is 27.1 Å². The minimum absolute atomic E-state index is 0.121. The highest BCUT2D eigenvalue weighted by atomic mass is 32.2. The van der Waals surface area contributed by atoms with Gasteiger partial charge in [-0.05, 0) is 18.1 Å². The molecule has 0 saturated carbocycles. The number of carboxylic acids is 1. The molecule has 212 valence electrons. The third-order valence-electron chi connectivity index (χ3n) is 6.10. The quantitative estimate of drug-likeness (QED) is 0.163. The van der Waals surface area contributed by atoms with Crippen LogP contribution in [0, 0.1) is 6.92 Å². The summed E-state index contributed by atoms with van der Waals surface area (Å²) in [5, 5.41) is 23.1. The Balaban J connectivity index is 1.33. The van der Waals surface area contributed by atoms with Gasteiger partial charge in [0, 0.05) is 17.6 Å². The maximum atomic E-state index is 13.4. The molecule has 3 atom stereocenters. The number of benzene rings is 1. The summed E-state index contributed by atoms with van der Waals surface area (Å²) in [6.07, 6.45) is 0. The van der Waals surface area contributed by atoms with Crippen LogP contribution in [-0.2, 0) is 14.4 Å². The van der Waals surface area contributed by atoms with E-state index in [0.717, 1.165) is 11.1 Å². The molecule has 14 nitrogen and oxygen atoms in total. The number of rotatable bonds is 9. The first kappa shape index (κ1) is 28.3. The highest BCUT2D eigenvalue weighted by Crippen LogP contribution is 2.42. The molecule has 4 heterocycles. The number of fused-ring (bicyclic) bond motifs is 1. The van der Waals surface area contributed by atoms with Gasteiger partial charge in [-0.2, -0.15) is 0 Å². The summed E-state index contributed by atoms with van der Waals surface area (Å²) in [6, 6.07) is 6.73. The van der Waals surface area contributed by atoms with Crippen LogP contribution in [0.4, 0.5) is 0 Å². The second-order valence-corrected chi connectivity index (χ2v) is 12.4. The average Bonchev–Trinajstić information content (AvgIpc) is 3.37. The van der Waals surface area contributed by atoms with Gasteiger partial charge in [0.2, 0.25) is 5.91 Å². The standard InChI is InChI=1S/C24H21N7O7S3/c1-10-29-30-24(41-10)40-9-12-8-39-21-16(20(35)31(21)17(12)22(36)37)28-19(34)15(11-5-3-2-4-6-11)27-18(33)13-7-14(32)26-23(38)25-13/h2-7,15-16,21H,8-9H2,1H3,(H,27,33)(H,28,34)(H,36,37)(H2,25,26,32,38)/t15?,16?,21-/m1/s1. The van der Waals surface area contributed by atoms with Gasteiger partial charge < -0.3 is 20.7 Å². The second kappa shape index (κ2) is 11.7. The van der Waals surface area contributed by atoms with Crippen LogP contribution in [0.5, 0.6) is 0 Å². The average molecular weight is 616 g/mol. The van der Waals surface area contributed by atoms with Crippen molar-refractivity contribution in [3.05, 3.63) is 84.8 Å². The summed E-state index contributed by atoms with van der Waals surface area (Å²) < 4.78 is 0.685. The number of aryl methyl sites for hydroxylation is 1. The lowest BCUT2D eigenvalue weighted by atomic mass is 10.0. The van der Waals surface area contributed by atoms with Crippen molar-refractivity contribution >= 4 is 58.6 Å². The van der Waals surface area contributed by atoms with Gasteiger partial charge >= 0.3 is 11.7 Å². The van der Waals surface area contributed by atoms with Crippen molar-refractivity contribution in [2.24, 2.45) is 0 Å². The van der Waals surface area contributed by atoms with Crippen molar-refractivity contribution in [3.63, 3.8) is 0 Å². The van der Waals surface area contributed by atoms with Gasteiger partial charge in [0.25, 0.3) is 17.4 Å². The summed E-state index contributed by atoms with van der Waals surface area (Å²) in [5.41, 5.74) is -1.24. The first-order chi connectivity index (χ1) is 19.6. The number of carbonyl (C=O) groups excluding carboxylic acids is 3. The molecule has 41 heavy (non-hydrogen) atoms. The van der Waals surface area contributed by atoms with Crippen LogP contribution in [0.3, 0.4) is 0 Å². The van der Waals surface area contributed by atoms with E-state index in [-0.39, 0.29) is 11.4 Å². The molecule has 1 aromatic carbocycles. The van der Waals surface area contributed by atoms with Gasteiger partial charge in [0.05, 0.1) is 0 Å². The monoisotopic (exact) mass is 615 g/mol. The largest absolute Gasteiger partial charge is 0.477 e. The minimum Gasteiger partial charge on any atom is -0.477 e. The molecule has 1 fully saturated rings. The summed E-state index contributed by atoms with van der Waals surface area (Å²) in [5.74, 6) is -2.84. The molecule has 0 bridgehead atoms. The van der Waals surface area contributed by atoms with Gasteiger partial charge in [0.1, 0.15) is 33.9 Å². The molecule has 0 radical (unpaired) electrons. The van der Waals surface area contributed by atoms with Crippen molar-refractivity contribution in [1.82, 2.24) is 35.7 Å². The van der Waals surface area contributed by atoms with Crippen LogP contribution >= 0.6 is 34.9 Å². The summed E-state index contributed by atoms with van der Waals surface area (Å²) in [7, 11) is 0. The normalized spacial score (nSPS) is 18.8. The lowest BCUT2D eigenvalue weighted by Gasteiger charge is -2.49. The lowest BCUT2D eigenvalue weighted by Crippen LogP contribution is -2.71. The van der Waals surface area contributed by atoms with Crippen LogP contribution in [0.2, 0.25) is 0 Å². The van der Waals surface area contributed by atoms with E-state index in [1.54, 1.807) is 30.3 Å². The smallest absolute Gasteiger partial charge is 0.352 e. The van der Waals surface area contributed by atoms with Gasteiger partial charge in [-0.1, -0.05) is 53.4 Å². The van der Waals surface area contributed by atoms with E-state index >= 15 is 0 Å². The third kappa shape index (κ3) is 5.96. The second-order valence-electron chi connectivity index (χ2n) is 8.85. The van der Waals surface area contributed by atoms with E-state index < -0.39 is 52.4 Å². The van der Waals surface area contributed by atoms with Crippen LogP contribution < -0.4 is 21.9 Å². The number of β-lactam (4-membered cyclic amide) rings is 1. The molecule has 3 amide bonds. The summed E-state index contributed by atoms with van der Waals surface area (Å²) in [6.45, 7) is 1.81. The van der Waals surface area contributed by atoms with E-state index in [1.807, 2.05) is 11.9 Å². The molecule has 2 aliphatic rings. The topological polar surface area (TPSA) is 207 Å². The molecule has 5 N–H and O–H groups in total. The van der Waals surface area contributed by atoms with Crippen molar-refractivity contribution < 1.29 is 24.3 Å². The zero-order valence-electron chi connectivity index (χ0n) is 21.1. The molecule has 5 rings (SSSR count). The predicted molar refractivity (Wildman–Crippen MR) is 149 cm³/mol. The van der Waals surface area contributed by atoms with E-state index in [9.17, 15) is 33.9 Å². The Labute approximate surface area is 243 Å². The number of carbonyl (C=O) groups is 4. The Morgan fingerprint density at radius 2 is 1.93 bits per heavy atom. The fourth-order valence-corrected chi connectivity index (χ4v) is 7.56. The number of aromatic amines is 2. The Morgan fingerprint density at radius 1 is 1.17 bits per heavy atom. The third-order valence-corrected chi connectivity index (χ3v) is 9.50. The number of amides is 3. The van der Waals surface area contributed by atoms with Crippen molar-refractivity contribution in [3.8, 4) is 0 Å². The molecule has 2 aromatic heterocycles. The van der Waals surface area contributed by atoms with E-state index in [0.29, 0.717) is 27.0 Å². The molecule has 0 aliphatic carbocycles. The first-order valence-electron chi connectivity index (χ1n) is 11.9. The number of H-pyrrole nitrogens is 2. The molecule has 1 saturated heterocycles. The fraction of sp³-hybridized carbons (Fsp3) is 0.250. The van der Waals surface area contributed by atoms with Crippen molar-refractivity contribution in [2.45, 2.75) is 28.7 Å². The van der Waals surface area contributed by atoms with Gasteiger partial charge in [-0.3, -0.25) is 29.1 Å². The minimum atomic E-state index is -1.29. The molecular weight excluding hydrogens is 595 g/mol.